The van der Waals surface area contributed by atoms with Gasteiger partial charge in [-0.15, -0.1) is 0 Å². The molecule has 4 nitrogen and oxygen atoms in total. The predicted octanol–water partition coefficient (Wildman–Crippen LogP) is -0.652. The topological polar surface area (TPSA) is 40.6 Å². The van der Waals surface area contributed by atoms with Crippen molar-refractivity contribution in [3.63, 3.8) is 0 Å². The maximum Gasteiger partial charge on any atom is 0.239 e. The van der Waals surface area contributed by atoms with Crippen molar-refractivity contribution in [1.82, 2.24) is 9.80 Å². The molecule has 0 bridgehead atoms. The van der Waals surface area contributed by atoms with E-state index in [1.165, 1.54) is 4.90 Å². The third-order valence-corrected chi connectivity index (χ3v) is 2.10. The third-order valence-electron chi connectivity index (χ3n) is 2.10. The van der Waals surface area contributed by atoms with Crippen molar-refractivity contribution >= 4 is 11.7 Å². The Morgan fingerprint density at radius 3 is 2.50 bits per heavy atom. The zero-order valence-corrected chi connectivity index (χ0v) is 7.70. The van der Waals surface area contributed by atoms with Gasteiger partial charge < -0.3 is 4.90 Å². The van der Waals surface area contributed by atoms with Crippen LogP contribution in [-0.4, -0.2) is 55.2 Å². The molecule has 1 atom stereocenters. The number of ketones is 1. The number of carbonyl (C=O) groups excluding carboxylic acids is 2. The summed E-state index contributed by atoms with van der Waals surface area (Å²) in [4.78, 5) is 25.7. The Morgan fingerprint density at radius 2 is 2.17 bits per heavy atom. The first-order valence-corrected chi connectivity index (χ1v) is 3.95. The monoisotopic (exact) mass is 170 g/mol. The van der Waals surface area contributed by atoms with Crippen LogP contribution in [0.3, 0.4) is 0 Å². The van der Waals surface area contributed by atoms with Crippen molar-refractivity contribution < 1.29 is 9.59 Å². The molecule has 1 aliphatic heterocycles. The zero-order valence-electron chi connectivity index (χ0n) is 7.70. The van der Waals surface area contributed by atoms with Crippen molar-refractivity contribution in [2.24, 2.45) is 0 Å². The fourth-order valence-electron chi connectivity index (χ4n) is 1.40. The lowest BCUT2D eigenvalue weighted by Gasteiger charge is -2.21. The summed E-state index contributed by atoms with van der Waals surface area (Å²) in [5.41, 5.74) is 0. The van der Waals surface area contributed by atoms with Gasteiger partial charge in [0.25, 0.3) is 0 Å². The minimum atomic E-state index is -0.229. The van der Waals surface area contributed by atoms with Crippen LogP contribution in [0.15, 0.2) is 0 Å². The Morgan fingerprint density at radius 1 is 1.58 bits per heavy atom. The van der Waals surface area contributed by atoms with Crippen LogP contribution >= 0.6 is 0 Å². The molecule has 0 radical (unpaired) electrons. The highest BCUT2D eigenvalue weighted by Gasteiger charge is 2.33. The number of rotatable bonds is 1. The summed E-state index contributed by atoms with van der Waals surface area (Å²) in [5.74, 6) is 0.168. The lowest BCUT2D eigenvalue weighted by atomic mass is 10.2. The molecule has 0 N–H and O–H groups in total. The van der Waals surface area contributed by atoms with Crippen molar-refractivity contribution in [3.05, 3.63) is 0 Å². The SMILES string of the molecule is CN(C)C(=O)[C@@H]1CC(=O)CN1C. The average Bonchev–Trinajstić information content (AvgIpc) is 2.28. The van der Waals surface area contributed by atoms with E-state index in [1.54, 1.807) is 26.0 Å². The molecular formula is C8H14N2O2. The van der Waals surface area contributed by atoms with E-state index in [1.807, 2.05) is 0 Å². The zero-order chi connectivity index (χ0) is 9.30. The molecule has 0 unspecified atom stereocenters. The number of likely N-dealkylation sites (N-methyl/N-ethyl adjacent to an activating group) is 2. The van der Waals surface area contributed by atoms with E-state index in [9.17, 15) is 9.59 Å². The van der Waals surface area contributed by atoms with E-state index in [2.05, 4.69) is 0 Å². The molecule has 1 heterocycles. The molecule has 0 spiro atoms. The first-order valence-electron chi connectivity index (χ1n) is 3.95. The highest BCUT2D eigenvalue weighted by molar-refractivity contribution is 5.93. The van der Waals surface area contributed by atoms with Crippen LogP contribution in [0.4, 0.5) is 0 Å². The van der Waals surface area contributed by atoms with Crippen LogP contribution in [0, 0.1) is 0 Å². The summed E-state index contributed by atoms with van der Waals surface area (Å²) in [6.45, 7) is 0.407. The van der Waals surface area contributed by atoms with E-state index in [4.69, 9.17) is 0 Å². The summed E-state index contributed by atoms with van der Waals surface area (Å²) in [7, 11) is 5.22. The van der Waals surface area contributed by atoms with Crippen LogP contribution in [0.25, 0.3) is 0 Å². The largest absolute Gasteiger partial charge is 0.347 e. The molecular weight excluding hydrogens is 156 g/mol. The molecule has 1 rings (SSSR count). The molecule has 1 saturated heterocycles. The van der Waals surface area contributed by atoms with Gasteiger partial charge in [-0.25, -0.2) is 0 Å². The molecule has 0 saturated carbocycles. The predicted molar refractivity (Wildman–Crippen MR) is 44.7 cm³/mol. The average molecular weight is 170 g/mol. The maximum atomic E-state index is 11.4. The Hall–Kier alpha value is -0.900. The quantitative estimate of drug-likeness (QED) is 0.525. The summed E-state index contributed by atoms with van der Waals surface area (Å²) in [6.07, 6.45) is 0.369. The highest BCUT2D eigenvalue weighted by atomic mass is 16.2. The molecule has 0 aliphatic carbocycles. The summed E-state index contributed by atoms with van der Waals surface area (Å²) in [5, 5.41) is 0. The second-order valence-corrected chi connectivity index (χ2v) is 3.41. The molecule has 1 aliphatic rings. The first-order chi connectivity index (χ1) is 5.52. The summed E-state index contributed by atoms with van der Waals surface area (Å²) >= 11 is 0. The van der Waals surface area contributed by atoms with Gasteiger partial charge in [0.15, 0.2) is 0 Å². The first kappa shape index (κ1) is 9.19. The summed E-state index contributed by atoms with van der Waals surface area (Å²) in [6, 6.07) is -0.229. The van der Waals surface area contributed by atoms with Gasteiger partial charge in [-0.05, 0) is 7.05 Å². The number of likely N-dealkylation sites (tertiary alicyclic amines) is 1. The second kappa shape index (κ2) is 3.23. The fraction of sp³-hybridized carbons (Fsp3) is 0.750. The fourth-order valence-corrected chi connectivity index (χ4v) is 1.40. The van der Waals surface area contributed by atoms with Gasteiger partial charge in [0.2, 0.25) is 5.91 Å². The molecule has 4 heteroatoms. The van der Waals surface area contributed by atoms with Crippen LogP contribution in [0.2, 0.25) is 0 Å². The number of hydrogen-bond donors (Lipinski definition) is 0. The Balaban J connectivity index is 2.64. The van der Waals surface area contributed by atoms with Gasteiger partial charge in [-0.3, -0.25) is 14.5 Å². The van der Waals surface area contributed by atoms with Crippen LogP contribution < -0.4 is 0 Å². The highest BCUT2D eigenvalue weighted by Crippen LogP contribution is 2.13. The molecule has 12 heavy (non-hydrogen) atoms. The molecule has 0 aromatic heterocycles. The number of carbonyl (C=O) groups is 2. The Bertz CT molecular complexity index is 213. The standard InChI is InChI=1S/C8H14N2O2/c1-9(2)8(12)7-4-6(11)5-10(7)3/h7H,4-5H2,1-3H3/t7-/m0/s1. The smallest absolute Gasteiger partial charge is 0.239 e. The van der Waals surface area contributed by atoms with Gasteiger partial charge in [0.1, 0.15) is 5.78 Å². The second-order valence-electron chi connectivity index (χ2n) is 3.41. The minimum Gasteiger partial charge on any atom is -0.347 e. The maximum absolute atomic E-state index is 11.4. The third kappa shape index (κ3) is 1.64. The van der Waals surface area contributed by atoms with Crippen molar-refractivity contribution in [1.29, 1.82) is 0 Å². The molecule has 1 amide bonds. The lowest BCUT2D eigenvalue weighted by molar-refractivity contribution is -0.133. The van der Waals surface area contributed by atoms with Crippen molar-refractivity contribution in [2.75, 3.05) is 27.7 Å². The van der Waals surface area contributed by atoms with E-state index < -0.39 is 0 Å². The number of nitrogens with zero attached hydrogens (tertiary/aromatic N) is 2. The van der Waals surface area contributed by atoms with Gasteiger partial charge in [0.05, 0.1) is 12.6 Å². The van der Waals surface area contributed by atoms with Gasteiger partial charge in [-0.2, -0.15) is 0 Å². The van der Waals surface area contributed by atoms with Gasteiger partial charge >= 0.3 is 0 Å². The van der Waals surface area contributed by atoms with E-state index in [0.29, 0.717) is 13.0 Å². The van der Waals surface area contributed by atoms with Gasteiger partial charge in [0, 0.05) is 20.5 Å². The number of hydrogen-bond acceptors (Lipinski definition) is 3. The van der Waals surface area contributed by atoms with Crippen LogP contribution in [0.1, 0.15) is 6.42 Å². The minimum absolute atomic E-state index is 0.0170. The lowest BCUT2D eigenvalue weighted by Crippen LogP contribution is -2.40. The molecule has 68 valence electrons. The Kier molecular flexibility index (Phi) is 2.47. The Labute approximate surface area is 72.1 Å². The number of amides is 1. The van der Waals surface area contributed by atoms with E-state index in [0.717, 1.165) is 0 Å². The molecule has 1 fully saturated rings. The van der Waals surface area contributed by atoms with Crippen LogP contribution in [0.5, 0.6) is 0 Å². The summed E-state index contributed by atoms with van der Waals surface area (Å²) < 4.78 is 0. The van der Waals surface area contributed by atoms with Gasteiger partial charge in [-0.1, -0.05) is 0 Å². The normalized spacial score (nSPS) is 24.6. The molecule has 0 aromatic rings. The van der Waals surface area contributed by atoms with Crippen molar-refractivity contribution in [3.8, 4) is 0 Å². The van der Waals surface area contributed by atoms with E-state index >= 15 is 0 Å². The number of Topliss-reactive ketones (excluding diaryl/α,β-unsaturated/α-hetero) is 1. The van der Waals surface area contributed by atoms with Crippen molar-refractivity contribution in [2.45, 2.75) is 12.5 Å². The molecule has 0 aromatic carbocycles. The van der Waals surface area contributed by atoms with E-state index in [-0.39, 0.29) is 17.7 Å². The van der Waals surface area contributed by atoms with Crippen LogP contribution in [-0.2, 0) is 9.59 Å².